The Morgan fingerprint density at radius 3 is 2.50 bits per heavy atom. The van der Waals surface area contributed by atoms with E-state index in [2.05, 4.69) is 5.32 Å². The second-order valence-corrected chi connectivity index (χ2v) is 3.18. The lowest BCUT2D eigenvalue weighted by Crippen LogP contribution is -2.16. The number of hydrogen-bond acceptors (Lipinski definition) is 3. The molecule has 3 nitrogen and oxygen atoms in total. The monoisotopic (exact) mass is 245 g/mol. The predicted octanol–water partition coefficient (Wildman–Crippen LogP) is 2.97. The molecule has 0 amide bonds. The molecule has 4 heteroatoms. The molecule has 16 heavy (non-hydrogen) atoms. The van der Waals surface area contributed by atoms with Gasteiger partial charge in [-0.25, -0.2) is 0 Å². The molecule has 0 spiro atoms. The van der Waals surface area contributed by atoms with Gasteiger partial charge in [-0.2, -0.15) is 0 Å². The molecular weight excluding hydrogens is 226 g/mol. The average Bonchev–Trinajstić information content (AvgIpc) is 2.33. The molecule has 0 aliphatic carbocycles. The smallest absolute Gasteiger partial charge is 0.162 e. The van der Waals surface area contributed by atoms with Gasteiger partial charge in [0.1, 0.15) is 6.61 Å². The van der Waals surface area contributed by atoms with Gasteiger partial charge >= 0.3 is 0 Å². The van der Waals surface area contributed by atoms with Crippen LogP contribution in [0.1, 0.15) is 13.8 Å². The minimum absolute atomic E-state index is 0.606. The van der Waals surface area contributed by atoms with Crippen LogP contribution in [0.25, 0.3) is 0 Å². The van der Waals surface area contributed by atoms with Crippen molar-refractivity contribution in [1.29, 1.82) is 0 Å². The largest absolute Gasteiger partial charge is 0.493 e. The van der Waals surface area contributed by atoms with Gasteiger partial charge in [0.25, 0.3) is 0 Å². The number of halogens is 1. The highest BCUT2D eigenvalue weighted by Crippen LogP contribution is 2.29. The molecule has 1 N–H and O–H groups in total. The van der Waals surface area contributed by atoms with E-state index in [-0.39, 0.29) is 0 Å². The molecule has 1 rings (SSSR count). The first kappa shape index (κ1) is 15.1. The molecule has 0 aliphatic rings. The van der Waals surface area contributed by atoms with Crippen molar-refractivity contribution in [2.45, 2.75) is 13.8 Å². The van der Waals surface area contributed by atoms with Crippen LogP contribution in [0.4, 0.5) is 0 Å². The summed E-state index contributed by atoms with van der Waals surface area (Å²) in [4.78, 5) is 0. The van der Waals surface area contributed by atoms with Crippen molar-refractivity contribution < 1.29 is 9.47 Å². The fourth-order valence-corrected chi connectivity index (χ4v) is 1.19. The van der Waals surface area contributed by atoms with Gasteiger partial charge in [0.05, 0.1) is 7.11 Å². The maximum atomic E-state index is 5.81. The van der Waals surface area contributed by atoms with Crippen molar-refractivity contribution in [3.05, 3.63) is 23.2 Å². The topological polar surface area (TPSA) is 30.5 Å². The summed E-state index contributed by atoms with van der Waals surface area (Å²) in [5, 5.41) is 3.64. The highest BCUT2D eigenvalue weighted by Gasteiger charge is 2.03. The average molecular weight is 246 g/mol. The van der Waals surface area contributed by atoms with Crippen molar-refractivity contribution in [3.8, 4) is 11.5 Å². The van der Waals surface area contributed by atoms with E-state index in [0.717, 1.165) is 6.54 Å². The van der Waals surface area contributed by atoms with Gasteiger partial charge in [0, 0.05) is 17.6 Å². The molecule has 0 heterocycles. The minimum Gasteiger partial charge on any atom is -0.493 e. The van der Waals surface area contributed by atoms with Crippen LogP contribution in [0.15, 0.2) is 18.2 Å². The Morgan fingerprint density at radius 2 is 1.94 bits per heavy atom. The van der Waals surface area contributed by atoms with Crippen molar-refractivity contribution in [2.24, 2.45) is 0 Å². The summed E-state index contributed by atoms with van der Waals surface area (Å²) in [7, 11) is 3.47. The molecule has 0 aromatic heterocycles. The number of nitrogens with one attached hydrogen (secondary N) is 1. The van der Waals surface area contributed by atoms with Gasteiger partial charge in [0.2, 0.25) is 0 Å². The summed E-state index contributed by atoms with van der Waals surface area (Å²) in [5.41, 5.74) is 0. The lowest BCUT2D eigenvalue weighted by atomic mass is 10.3. The molecule has 0 saturated carbocycles. The van der Waals surface area contributed by atoms with Crippen LogP contribution >= 0.6 is 11.6 Å². The van der Waals surface area contributed by atoms with Crippen LogP contribution in [0.3, 0.4) is 0 Å². The summed E-state index contributed by atoms with van der Waals surface area (Å²) in [6.07, 6.45) is 0. The van der Waals surface area contributed by atoms with Crippen LogP contribution in [0.5, 0.6) is 11.5 Å². The van der Waals surface area contributed by atoms with Gasteiger partial charge in [0.15, 0.2) is 11.5 Å². The molecule has 0 atom stereocenters. The third kappa shape index (κ3) is 5.24. The van der Waals surface area contributed by atoms with Gasteiger partial charge < -0.3 is 14.8 Å². The second-order valence-electron chi connectivity index (χ2n) is 2.75. The van der Waals surface area contributed by atoms with Crippen molar-refractivity contribution >= 4 is 11.6 Å². The van der Waals surface area contributed by atoms with Gasteiger partial charge in [-0.15, -0.1) is 0 Å². The first-order chi connectivity index (χ1) is 7.77. The highest BCUT2D eigenvalue weighted by atomic mass is 35.5. The van der Waals surface area contributed by atoms with E-state index in [1.807, 2.05) is 20.9 Å². The zero-order valence-electron chi connectivity index (χ0n) is 10.3. The minimum atomic E-state index is 0.606. The van der Waals surface area contributed by atoms with Crippen molar-refractivity contribution in [3.63, 3.8) is 0 Å². The maximum absolute atomic E-state index is 5.81. The van der Waals surface area contributed by atoms with E-state index < -0.39 is 0 Å². The van der Waals surface area contributed by atoms with Gasteiger partial charge in [-0.3, -0.25) is 0 Å². The fourth-order valence-electron chi connectivity index (χ4n) is 1.02. The summed E-state index contributed by atoms with van der Waals surface area (Å²) in [6.45, 7) is 5.40. The Morgan fingerprint density at radius 1 is 1.25 bits per heavy atom. The van der Waals surface area contributed by atoms with Crippen LogP contribution in [-0.4, -0.2) is 27.3 Å². The summed E-state index contributed by atoms with van der Waals surface area (Å²) in [6, 6.07) is 5.31. The van der Waals surface area contributed by atoms with Crippen LogP contribution in [-0.2, 0) is 0 Å². The van der Waals surface area contributed by atoms with E-state index in [0.29, 0.717) is 23.1 Å². The number of likely N-dealkylation sites (N-methyl/N-ethyl adjacent to an activating group) is 1. The van der Waals surface area contributed by atoms with E-state index in [1.54, 1.807) is 25.3 Å². The number of ether oxygens (including phenoxy) is 2. The number of benzene rings is 1. The number of rotatable bonds is 5. The molecule has 0 saturated heterocycles. The van der Waals surface area contributed by atoms with Gasteiger partial charge in [-0.05, 0) is 19.2 Å². The normalized spacial score (nSPS) is 9.06. The number of methoxy groups -OCH3 is 1. The third-order valence-electron chi connectivity index (χ3n) is 1.74. The quantitative estimate of drug-likeness (QED) is 0.809. The Labute approximate surface area is 103 Å². The van der Waals surface area contributed by atoms with E-state index in [4.69, 9.17) is 21.1 Å². The molecule has 1 aromatic carbocycles. The molecular formula is C12H20ClNO2. The molecule has 0 fully saturated rings. The molecule has 0 bridgehead atoms. The maximum Gasteiger partial charge on any atom is 0.162 e. The summed E-state index contributed by atoms with van der Waals surface area (Å²) >= 11 is 5.81. The highest BCUT2D eigenvalue weighted by molar-refractivity contribution is 6.30. The predicted molar refractivity (Wildman–Crippen MR) is 68.8 cm³/mol. The van der Waals surface area contributed by atoms with E-state index >= 15 is 0 Å². The van der Waals surface area contributed by atoms with Crippen molar-refractivity contribution in [2.75, 3.05) is 27.3 Å². The molecule has 0 unspecified atom stereocenters. The Bertz CT molecular complexity index is 292. The standard InChI is InChI=1S/C10H14ClNO2.C2H6/c1-12-5-6-14-9-4-3-8(11)7-10(9)13-2;1-2/h3-4,7,12H,5-6H2,1-2H3;1-2H3. The van der Waals surface area contributed by atoms with Gasteiger partial charge in [-0.1, -0.05) is 25.4 Å². The number of hydrogen-bond donors (Lipinski definition) is 1. The molecule has 0 aliphatic heterocycles. The molecule has 92 valence electrons. The Balaban J connectivity index is 0.00000106. The summed E-state index contributed by atoms with van der Waals surface area (Å²) < 4.78 is 10.6. The first-order valence-corrected chi connectivity index (χ1v) is 5.76. The lowest BCUT2D eigenvalue weighted by Gasteiger charge is -2.10. The lowest BCUT2D eigenvalue weighted by molar-refractivity contribution is 0.295. The van der Waals surface area contributed by atoms with Crippen molar-refractivity contribution in [1.82, 2.24) is 5.32 Å². The van der Waals surface area contributed by atoms with E-state index in [9.17, 15) is 0 Å². The Hall–Kier alpha value is -0.930. The summed E-state index contributed by atoms with van der Waals surface area (Å²) in [5.74, 6) is 1.38. The van der Waals surface area contributed by atoms with Crippen LogP contribution in [0, 0.1) is 0 Å². The zero-order chi connectivity index (χ0) is 12.4. The third-order valence-corrected chi connectivity index (χ3v) is 1.97. The fraction of sp³-hybridized carbons (Fsp3) is 0.500. The molecule has 1 aromatic rings. The first-order valence-electron chi connectivity index (χ1n) is 5.39. The zero-order valence-corrected chi connectivity index (χ0v) is 11.1. The van der Waals surface area contributed by atoms with Crippen LogP contribution in [0.2, 0.25) is 5.02 Å². The van der Waals surface area contributed by atoms with E-state index in [1.165, 1.54) is 0 Å². The second kappa shape index (κ2) is 9.31. The Kier molecular flexibility index (Phi) is 8.77. The molecule has 0 radical (unpaired) electrons. The van der Waals surface area contributed by atoms with Crippen LogP contribution < -0.4 is 14.8 Å². The SMILES string of the molecule is CC.CNCCOc1ccc(Cl)cc1OC.